The number of amides is 2. The molecule has 0 atom stereocenters. The molecule has 0 aromatic heterocycles. The number of carbonyl (C=O) groups is 1. The van der Waals surface area contributed by atoms with Gasteiger partial charge < -0.3 is 10.2 Å². The van der Waals surface area contributed by atoms with Crippen molar-refractivity contribution < 1.29 is 4.79 Å². The molecule has 1 aliphatic heterocycles. The Hall–Kier alpha value is -0.0400. The molecule has 0 aromatic carbocycles. The molecule has 14 heavy (non-hydrogen) atoms. The number of rotatable bonds is 3. The molecule has 4 nitrogen and oxygen atoms in total. The summed E-state index contributed by atoms with van der Waals surface area (Å²) >= 11 is 2.30. The average molecular weight is 311 g/mol. The standard InChI is InChI=1S/C9H18IN3O/c1-2-3-4-11-9(14)12-5-7-13(10)8-6-12/h2-8H2,1H3,(H,11,14). The van der Waals surface area contributed by atoms with Crippen molar-refractivity contribution in [2.75, 3.05) is 32.7 Å². The first kappa shape index (κ1) is 12.0. The van der Waals surface area contributed by atoms with Crippen LogP contribution in [0.3, 0.4) is 0 Å². The topological polar surface area (TPSA) is 35.6 Å². The average Bonchev–Trinajstić information content (AvgIpc) is 2.19. The first-order valence-electron chi connectivity index (χ1n) is 5.17. The van der Waals surface area contributed by atoms with Gasteiger partial charge in [-0.3, -0.25) is 0 Å². The number of carbonyl (C=O) groups excluding carboxylic acids is 1. The minimum absolute atomic E-state index is 0.1000. The highest BCUT2D eigenvalue weighted by molar-refractivity contribution is 14.1. The molecule has 0 aliphatic carbocycles. The van der Waals surface area contributed by atoms with Gasteiger partial charge in [0.1, 0.15) is 0 Å². The van der Waals surface area contributed by atoms with Gasteiger partial charge in [0.05, 0.1) is 0 Å². The van der Waals surface area contributed by atoms with E-state index in [0.29, 0.717) is 0 Å². The van der Waals surface area contributed by atoms with Gasteiger partial charge in [-0.15, -0.1) is 0 Å². The van der Waals surface area contributed by atoms with Crippen molar-refractivity contribution in [3.05, 3.63) is 0 Å². The largest absolute Gasteiger partial charge is 0.338 e. The smallest absolute Gasteiger partial charge is 0.317 e. The number of nitrogens with one attached hydrogen (secondary N) is 1. The summed E-state index contributed by atoms with van der Waals surface area (Å²) in [5.41, 5.74) is 0. The van der Waals surface area contributed by atoms with Crippen LogP contribution in [0.2, 0.25) is 0 Å². The van der Waals surface area contributed by atoms with Gasteiger partial charge in [-0.25, -0.2) is 7.91 Å². The van der Waals surface area contributed by atoms with E-state index in [0.717, 1.165) is 45.6 Å². The molecule has 5 heteroatoms. The monoisotopic (exact) mass is 311 g/mol. The summed E-state index contributed by atoms with van der Waals surface area (Å²) in [6, 6.07) is 0.1000. The second-order valence-corrected chi connectivity index (χ2v) is 4.85. The maximum absolute atomic E-state index is 11.6. The Morgan fingerprint density at radius 3 is 2.57 bits per heavy atom. The molecule has 1 N–H and O–H groups in total. The summed E-state index contributed by atoms with van der Waals surface area (Å²) in [6.07, 6.45) is 2.19. The molecular weight excluding hydrogens is 293 g/mol. The molecule has 0 saturated carbocycles. The molecule has 1 heterocycles. The van der Waals surface area contributed by atoms with Crippen LogP contribution in [-0.4, -0.2) is 46.8 Å². The highest BCUT2D eigenvalue weighted by atomic mass is 127. The predicted molar refractivity (Wildman–Crippen MR) is 65.5 cm³/mol. The summed E-state index contributed by atoms with van der Waals surface area (Å²) in [5.74, 6) is 0. The van der Waals surface area contributed by atoms with Crippen LogP contribution in [0.4, 0.5) is 4.79 Å². The molecule has 1 fully saturated rings. The summed E-state index contributed by atoms with van der Waals surface area (Å²) in [6.45, 7) is 6.58. The van der Waals surface area contributed by atoms with Crippen LogP contribution in [0.5, 0.6) is 0 Å². The lowest BCUT2D eigenvalue weighted by Gasteiger charge is -2.31. The Labute approximate surface area is 99.5 Å². The zero-order valence-corrected chi connectivity index (χ0v) is 10.8. The Morgan fingerprint density at radius 2 is 2.00 bits per heavy atom. The Balaban J connectivity index is 2.17. The van der Waals surface area contributed by atoms with Gasteiger partial charge in [0.2, 0.25) is 0 Å². The minimum Gasteiger partial charge on any atom is -0.338 e. The molecule has 0 aromatic rings. The van der Waals surface area contributed by atoms with E-state index in [2.05, 4.69) is 38.2 Å². The normalized spacial score (nSPS) is 18.3. The number of unbranched alkanes of at least 4 members (excludes halogenated alkanes) is 1. The molecular formula is C9H18IN3O. The Morgan fingerprint density at radius 1 is 1.36 bits per heavy atom. The Bertz CT molecular complexity index is 181. The molecule has 0 unspecified atom stereocenters. The van der Waals surface area contributed by atoms with Crippen molar-refractivity contribution in [2.24, 2.45) is 0 Å². The molecule has 82 valence electrons. The highest BCUT2D eigenvalue weighted by Crippen LogP contribution is 2.06. The number of piperazine rings is 1. The predicted octanol–water partition coefficient (Wildman–Crippen LogP) is 1.46. The summed E-state index contributed by atoms with van der Waals surface area (Å²) in [4.78, 5) is 13.5. The first-order valence-corrected chi connectivity index (χ1v) is 6.14. The van der Waals surface area contributed by atoms with Crippen LogP contribution >= 0.6 is 22.9 Å². The molecule has 2 amide bonds. The fraction of sp³-hybridized carbons (Fsp3) is 0.889. The third kappa shape index (κ3) is 4.00. The van der Waals surface area contributed by atoms with Crippen molar-refractivity contribution in [1.82, 2.24) is 13.3 Å². The van der Waals surface area contributed by atoms with Gasteiger partial charge in [-0.05, 0) is 6.42 Å². The van der Waals surface area contributed by atoms with Crippen LogP contribution in [0.25, 0.3) is 0 Å². The van der Waals surface area contributed by atoms with Gasteiger partial charge >= 0.3 is 6.03 Å². The second kappa shape index (κ2) is 6.44. The summed E-state index contributed by atoms with van der Waals surface area (Å²) < 4.78 is 2.22. The van der Waals surface area contributed by atoms with Crippen LogP contribution in [-0.2, 0) is 0 Å². The molecule has 0 bridgehead atoms. The van der Waals surface area contributed by atoms with Crippen molar-refractivity contribution in [2.45, 2.75) is 19.8 Å². The SMILES string of the molecule is CCCCNC(=O)N1CCN(I)CC1. The Kier molecular flexibility index (Phi) is 5.54. The van der Waals surface area contributed by atoms with Crippen LogP contribution in [0, 0.1) is 0 Å². The molecule has 1 aliphatic rings. The van der Waals surface area contributed by atoms with Crippen molar-refractivity contribution in [3.8, 4) is 0 Å². The quantitative estimate of drug-likeness (QED) is 0.487. The van der Waals surface area contributed by atoms with E-state index in [4.69, 9.17) is 0 Å². The van der Waals surface area contributed by atoms with Gasteiger partial charge in [0.25, 0.3) is 0 Å². The molecule has 0 spiro atoms. The molecule has 0 radical (unpaired) electrons. The van der Waals surface area contributed by atoms with Crippen LogP contribution in [0.15, 0.2) is 0 Å². The zero-order chi connectivity index (χ0) is 10.4. The summed E-state index contributed by atoms with van der Waals surface area (Å²) in [7, 11) is 0. The first-order chi connectivity index (χ1) is 6.74. The fourth-order valence-corrected chi connectivity index (χ4v) is 1.80. The van der Waals surface area contributed by atoms with Crippen molar-refractivity contribution in [1.29, 1.82) is 0 Å². The second-order valence-electron chi connectivity index (χ2n) is 3.48. The fourth-order valence-electron chi connectivity index (χ4n) is 1.37. The zero-order valence-electron chi connectivity index (χ0n) is 8.63. The number of hydrogen-bond donors (Lipinski definition) is 1. The van der Waals surface area contributed by atoms with Crippen LogP contribution < -0.4 is 5.32 Å². The molecule has 1 saturated heterocycles. The summed E-state index contributed by atoms with van der Waals surface area (Å²) in [5, 5.41) is 2.93. The third-order valence-electron chi connectivity index (χ3n) is 2.32. The molecule has 1 rings (SSSR count). The van der Waals surface area contributed by atoms with E-state index in [9.17, 15) is 4.79 Å². The van der Waals surface area contributed by atoms with E-state index in [1.807, 2.05) is 4.90 Å². The number of nitrogens with zero attached hydrogens (tertiary/aromatic N) is 2. The van der Waals surface area contributed by atoms with E-state index >= 15 is 0 Å². The van der Waals surface area contributed by atoms with Crippen molar-refractivity contribution >= 4 is 28.9 Å². The lowest BCUT2D eigenvalue weighted by molar-refractivity contribution is 0.179. The lowest BCUT2D eigenvalue weighted by Crippen LogP contribution is -2.49. The van der Waals surface area contributed by atoms with Crippen molar-refractivity contribution in [3.63, 3.8) is 0 Å². The van der Waals surface area contributed by atoms with E-state index in [1.54, 1.807) is 0 Å². The van der Waals surface area contributed by atoms with E-state index < -0.39 is 0 Å². The van der Waals surface area contributed by atoms with E-state index in [1.165, 1.54) is 0 Å². The maximum Gasteiger partial charge on any atom is 0.317 e. The third-order valence-corrected chi connectivity index (χ3v) is 3.28. The van der Waals surface area contributed by atoms with Gasteiger partial charge in [-0.2, -0.15) is 0 Å². The van der Waals surface area contributed by atoms with Gasteiger partial charge in [-0.1, -0.05) is 13.3 Å². The number of urea groups is 1. The van der Waals surface area contributed by atoms with Gasteiger partial charge in [0.15, 0.2) is 0 Å². The number of halogens is 1. The number of hydrogen-bond acceptors (Lipinski definition) is 2. The maximum atomic E-state index is 11.6. The minimum atomic E-state index is 0.1000. The van der Waals surface area contributed by atoms with E-state index in [-0.39, 0.29) is 6.03 Å². The van der Waals surface area contributed by atoms with Gasteiger partial charge in [0, 0.05) is 55.6 Å². The highest BCUT2D eigenvalue weighted by Gasteiger charge is 2.18. The van der Waals surface area contributed by atoms with Crippen LogP contribution in [0.1, 0.15) is 19.8 Å². The lowest BCUT2D eigenvalue weighted by atomic mass is 10.3.